The summed E-state index contributed by atoms with van der Waals surface area (Å²) in [4.78, 5) is 11.1. The number of carbonyl (C=O) groups is 1. The van der Waals surface area contributed by atoms with Gasteiger partial charge in [0.05, 0.1) is 0 Å². The highest BCUT2D eigenvalue weighted by atomic mass is 35.5. The Bertz CT molecular complexity index is 347. The molecule has 3 heteroatoms. The van der Waals surface area contributed by atoms with Gasteiger partial charge in [-0.2, -0.15) is 0 Å². The quantitative estimate of drug-likeness (QED) is 0.762. The lowest BCUT2D eigenvalue weighted by Gasteiger charge is -2.03. The van der Waals surface area contributed by atoms with Crippen molar-refractivity contribution in [2.24, 2.45) is 0 Å². The predicted octanol–water partition coefficient (Wildman–Crippen LogP) is 2.53. The molecule has 0 fully saturated rings. The fraction of sp³-hybridized carbons (Fsp3) is 0.182. The maximum atomic E-state index is 11.1. The van der Waals surface area contributed by atoms with Crippen LogP contribution >= 0.6 is 11.6 Å². The molecule has 0 aliphatic heterocycles. The number of carbonyl (C=O) groups excluding carboxylic acids is 1. The number of benzene rings is 1. The van der Waals surface area contributed by atoms with Gasteiger partial charge in [0.2, 0.25) is 5.91 Å². The minimum atomic E-state index is -0.104. The maximum Gasteiger partial charge on any atom is 0.243 e. The average molecular weight is 210 g/mol. The van der Waals surface area contributed by atoms with Gasteiger partial charge in [0.15, 0.2) is 0 Å². The Morgan fingerprint density at radius 3 is 2.86 bits per heavy atom. The van der Waals surface area contributed by atoms with E-state index in [0.29, 0.717) is 11.6 Å². The Morgan fingerprint density at radius 1 is 1.50 bits per heavy atom. The molecule has 0 radical (unpaired) electrons. The number of nitrogens with one attached hydrogen (secondary N) is 1. The van der Waals surface area contributed by atoms with Gasteiger partial charge in [-0.1, -0.05) is 35.9 Å². The predicted molar refractivity (Wildman–Crippen MR) is 58.1 cm³/mol. The van der Waals surface area contributed by atoms with Crippen LogP contribution in [0, 0.1) is 0 Å². The number of allylic oxidation sites excluding steroid dienone is 1. The van der Waals surface area contributed by atoms with Gasteiger partial charge in [-0.25, -0.2) is 0 Å². The van der Waals surface area contributed by atoms with E-state index in [1.54, 1.807) is 19.1 Å². The number of halogens is 1. The molecule has 0 saturated carbocycles. The number of hydrogen-bond acceptors (Lipinski definition) is 1. The fourth-order valence-corrected chi connectivity index (χ4v) is 1.24. The number of rotatable bonds is 3. The van der Waals surface area contributed by atoms with Gasteiger partial charge in [-0.15, -0.1) is 0 Å². The monoisotopic (exact) mass is 209 g/mol. The Morgan fingerprint density at radius 2 is 2.21 bits per heavy atom. The lowest BCUT2D eigenvalue weighted by atomic mass is 10.2. The van der Waals surface area contributed by atoms with Crippen LogP contribution in [0.4, 0.5) is 0 Å². The van der Waals surface area contributed by atoms with E-state index in [1.807, 2.05) is 18.2 Å². The zero-order chi connectivity index (χ0) is 10.4. The SMILES string of the molecule is CC=CC(=O)NCc1ccccc1Cl. The van der Waals surface area contributed by atoms with E-state index in [0.717, 1.165) is 5.56 Å². The smallest absolute Gasteiger partial charge is 0.243 e. The Kier molecular flexibility index (Phi) is 4.20. The summed E-state index contributed by atoms with van der Waals surface area (Å²) in [5.41, 5.74) is 0.923. The number of amides is 1. The first kappa shape index (κ1) is 10.8. The second-order valence-corrected chi connectivity index (χ2v) is 3.22. The first-order valence-electron chi connectivity index (χ1n) is 4.38. The second kappa shape index (κ2) is 5.45. The summed E-state index contributed by atoms with van der Waals surface area (Å²) in [5.74, 6) is -0.104. The van der Waals surface area contributed by atoms with Gasteiger partial charge in [0, 0.05) is 11.6 Å². The third-order valence-corrected chi connectivity index (χ3v) is 2.10. The highest BCUT2D eigenvalue weighted by Gasteiger charge is 1.99. The molecule has 1 N–H and O–H groups in total. The van der Waals surface area contributed by atoms with Crippen molar-refractivity contribution in [2.75, 3.05) is 0 Å². The third kappa shape index (κ3) is 3.23. The van der Waals surface area contributed by atoms with Crippen molar-refractivity contribution >= 4 is 17.5 Å². The summed E-state index contributed by atoms with van der Waals surface area (Å²) in [7, 11) is 0. The van der Waals surface area contributed by atoms with Crippen LogP contribution in [0.25, 0.3) is 0 Å². The van der Waals surface area contributed by atoms with E-state index in [1.165, 1.54) is 6.08 Å². The van der Waals surface area contributed by atoms with Crippen LogP contribution in [-0.4, -0.2) is 5.91 Å². The molecule has 0 bridgehead atoms. The molecule has 0 heterocycles. The molecule has 14 heavy (non-hydrogen) atoms. The van der Waals surface area contributed by atoms with E-state index in [2.05, 4.69) is 5.32 Å². The van der Waals surface area contributed by atoms with Crippen LogP contribution in [0.1, 0.15) is 12.5 Å². The summed E-state index contributed by atoms with van der Waals surface area (Å²) in [5, 5.41) is 3.40. The Labute approximate surface area is 88.6 Å². The third-order valence-electron chi connectivity index (χ3n) is 1.73. The summed E-state index contributed by atoms with van der Waals surface area (Å²) in [6.07, 6.45) is 3.18. The molecule has 1 rings (SSSR count). The molecule has 0 atom stereocenters. The molecule has 1 amide bonds. The number of hydrogen-bond donors (Lipinski definition) is 1. The summed E-state index contributed by atoms with van der Waals surface area (Å²) in [6.45, 7) is 2.26. The molecule has 0 aliphatic carbocycles. The molecular weight excluding hydrogens is 198 g/mol. The van der Waals surface area contributed by atoms with Gasteiger partial charge >= 0.3 is 0 Å². The van der Waals surface area contributed by atoms with Crippen molar-refractivity contribution in [3.63, 3.8) is 0 Å². The van der Waals surface area contributed by atoms with Crippen molar-refractivity contribution in [2.45, 2.75) is 13.5 Å². The van der Waals surface area contributed by atoms with E-state index < -0.39 is 0 Å². The summed E-state index contributed by atoms with van der Waals surface area (Å²) >= 11 is 5.92. The highest BCUT2D eigenvalue weighted by Crippen LogP contribution is 2.13. The topological polar surface area (TPSA) is 29.1 Å². The minimum absolute atomic E-state index is 0.104. The van der Waals surface area contributed by atoms with Crippen molar-refractivity contribution in [1.29, 1.82) is 0 Å². The van der Waals surface area contributed by atoms with E-state index in [-0.39, 0.29) is 5.91 Å². The first-order chi connectivity index (χ1) is 6.74. The Balaban J connectivity index is 2.54. The maximum absolute atomic E-state index is 11.1. The molecule has 0 aromatic heterocycles. The van der Waals surface area contributed by atoms with Gasteiger partial charge < -0.3 is 5.32 Å². The normalized spacial score (nSPS) is 10.4. The second-order valence-electron chi connectivity index (χ2n) is 2.81. The van der Waals surface area contributed by atoms with Crippen molar-refractivity contribution in [3.05, 3.63) is 47.0 Å². The molecule has 0 spiro atoms. The molecule has 0 aliphatic rings. The van der Waals surface area contributed by atoms with Crippen LogP contribution in [-0.2, 0) is 11.3 Å². The lowest BCUT2D eigenvalue weighted by molar-refractivity contribution is -0.116. The van der Waals surface area contributed by atoms with Crippen LogP contribution < -0.4 is 5.32 Å². The van der Waals surface area contributed by atoms with Crippen LogP contribution in [0.15, 0.2) is 36.4 Å². The van der Waals surface area contributed by atoms with E-state index >= 15 is 0 Å². The van der Waals surface area contributed by atoms with Gasteiger partial charge in [-0.3, -0.25) is 4.79 Å². The summed E-state index contributed by atoms with van der Waals surface area (Å²) in [6, 6.07) is 7.44. The van der Waals surface area contributed by atoms with Crippen molar-refractivity contribution in [3.8, 4) is 0 Å². The zero-order valence-electron chi connectivity index (χ0n) is 7.96. The average Bonchev–Trinajstić information content (AvgIpc) is 2.17. The first-order valence-corrected chi connectivity index (χ1v) is 4.75. The minimum Gasteiger partial charge on any atom is -0.348 e. The molecular formula is C11H12ClNO. The summed E-state index contributed by atoms with van der Waals surface area (Å²) < 4.78 is 0. The lowest BCUT2D eigenvalue weighted by Crippen LogP contribution is -2.20. The van der Waals surface area contributed by atoms with Crippen LogP contribution in [0.3, 0.4) is 0 Å². The zero-order valence-corrected chi connectivity index (χ0v) is 8.71. The molecule has 0 saturated heterocycles. The largest absolute Gasteiger partial charge is 0.348 e. The van der Waals surface area contributed by atoms with E-state index in [4.69, 9.17) is 11.6 Å². The molecule has 1 aromatic rings. The molecule has 1 aromatic carbocycles. The van der Waals surface area contributed by atoms with E-state index in [9.17, 15) is 4.79 Å². The van der Waals surface area contributed by atoms with Crippen molar-refractivity contribution in [1.82, 2.24) is 5.32 Å². The van der Waals surface area contributed by atoms with Crippen LogP contribution in [0.5, 0.6) is 0 Å². The van der Waals surface area contributed by atoms with Gasteiger partial charge in [0.1, 0.15) is 0 Å². The van der Waals surface area contributed by atoms with Gasteiger partial charge in [0.25, 0.3) is 0 Å². The fourth-order valence-electron chi connectivity index (χ4n) is 1.03. The molecule has 0 unspecified atom stereocenters. The molecule has 74 valence electrons. The van der Waals surface area contributed by atoms with Crippen LogP contribution in [0.2, 0.25) is 5.02 Å². The Hall–Kier alpha value is -1.28. The molecule has 2 nitrogen and oxygen atoms in total. The van der Waals surface area contributed by atoms with Gasteiger partial charge in [-0.05, 0) is 24.6 Å². The van der Waals surface area contributed by atoms with Crippen molar-refractivity contribution < 1.29 is 4.79 Å². The highest BCUT2D eigenvalue weighted by molar-refractivity contribution is 6.31. The standard InChI is InChI=1S/C11H12ClNO/c1-2-5-11(14)13-8-9-6-3-4-7-10(9)12/h2-7H,8H2,1H3,(H,13,14).